The Morgan fingerprint density at radius 3 is 2.52 bits per heavy atom. The first-order valence-electron chi connectivity index (χ1n) is 9.05. The molecule has 1 aromatic heterocycles. The van der Waals surface area contributed by atoms with E-state index in [1.807, 2.05) is 24.3 Å². The van der Waals surface area contributed by atoms with E-state index >= 15 is 0 Å². The second-order valence-electron chi connectivity index (χ2n) is 6.53. The van der Waals surface area contributed by atoms with Crippen LogP contribution in [0.5, 0.6) is 0 Å². The first-order valence-corrected chi connectivity index (χ1v) is 9.05. The molecule has 0 aliphatic carbocycles. The number of hydrogen-bond acceptors (Lipinski definition) is 3. The molecular weight excluding hydrogens is 377 g/mol. The Morgan fingerprint density at radius 1 is 1.07 bits per heavy atom. The number of halogens is 1. The van der Waals surface area contributed by atoms with Crippen molar-refractivity contribution in [2.45, 2.75) is 18.9 Å². The highest BCUT2D eigenvalue weighted by molar-refractivity contribution is 5.98. The number of aliphatic carboxylic acids is 1. The highest BCUT2D eigenvalue weighted by Crippen LogP contribution is 2.19. The molecule has 0 aliphatic rings. The van der Waals surface area contributed by atoms with E-state index in [1.165, 1.54) is 12.1 Å². The standard InChI is InChI=1S/C21H20FN3O4/c22-15-7-5-13(6-8-15)20(28)25-18(21(29)23-10-9-19(26)27)11-14-12-24-17-4-2-1-3-16(14)17/h1-8,12,18,24H,9-11H2,(H,23,29)(H,25,28)(H,26,27)/t18-/m0/s1. The molecule has 0 radical (unpaired) electrons. The molecule has 2 amide bonds. The average Bonchev–Trinajstić information content (AvgIpc) is 3.10. The van der Waals surface area contributed by atoms with Gasteiger partial charge in [0.2, 0.25) is 5.91 Å². The van der Waals surface area contributed by atoms with Crippen LogP contribution in [0.15, 0.2) is 54.7 Å². The summed E-state index contributed by atoms with van der Waals surface area (Å²) >= 11 is 0. The Morgan fingerprint density at radius 2 is 1.79 bits per heavy atom. The number of aromatic amines is 1. The molecular formula is C21H20FN3O4. The lowest BCUT2D eigenvalue weighted by atomic mass is 10.0. The number of carbonyl (C=O) groups excluding carboxylic acids is 2. The molecule has 150 valence electrons. The zero-order valence-electron chi connectivity index (χ0n) is 15.4. The van der Waals surface area contributed by atoms with Crippen LogP contribution in [0.4, 0.5) is 4.39 Å². The summed E-state index contributed by atoms with van der Waals surface area (Å²) in [6.45, 7) is -0.0506. The SMILES string of the molecule is O=C(O)CCNC(=O)[C@H](Cc1c[nH]c2ccccc12)NC(=O)c1ccc(F)cc1. The maximum atomic E-state index is 13.1. The predicted molar refractivity (Wildman–Crippen MR) is 105 cm³/mol. The number of benzene rings is 2. The zero-order valence-corrected chi connectivity index (χ0v) is 15.4. The average molecular weight is 397 g/mol. The number of H-pyrrole nitrogens is 1. The second-order valence-corrected chi connectivity index (χ2v) is 6.53. The Balaban J connectivity index is 1.78. The molecule has 0 bridgehead atoms. The van der Waals surface area contributed by atoms with Gasteiger partial charge in [-0.05, 0) is 35.9 Å². The third-order valence-electron chi connectivity index (χ3n) is 4.47. The molecule has 1 heterocycles. The molecule has 0 aliphatic heterocycles. The van der Waals surface area contributed by atoms with Gasteiger partial charge in [0.15, 0.2) is 0 Å². The van der Waals surface area contributed by atoms with E-state index in [0.29, 0.717) is 0 Å². The van der Waals surface area contributed by atoms with Crippen LogP contribution in [0, 0.1) is 5.82 Å². The summed E-state index contributed by atoms with van der Waals surface area (Å²) in [5, 5.41) is 14.9. The summed E-state index contributed by atoms with van der Waals surface area (Å²) < 4.78 is 13.1. The van der Waals surface area contributed by atoms with E-state index in [9.17, 15) is 18.8 Å². The van der Waals surface area contributed by atoms with Crippen molar-refractivity contribution >= 4 is 28.7 Å². The molecule has 1 atom stereocenters. The van der Waals surface area contributed by atoms with Gasteiger partial charge in [0.1, 0.15) is 11.9 Å². The van der Waals surface area contributed by atoms with E-state index in [0.717, 1.165) is 28.6 Å². The van der Waals surface area contributed by atoms with Gasteiger partial charge in [-0.25, -0.2) is 4.39 Å². The molecule has 3 rings (SSSR count). The van der Waals surface area contributed by atoms with Crippen LogP contribution in [0.3, 0.4) is 0 Å². The first kappa shape index (κ1) is 20.1. The predicted octanol–water partition coefficient (Wildman–Crippen LogP) is 2.24. The molecule has 8 heteroatoms. The van der Waals surface area contributed by atoms with E-state index in [4.69, 9.17) is 5.11 Å². The molecule has 3 aromatic rings. The topological polar surface area (TPSA) is 111 Å². The van der Waals surface area contributed by atoms with Crippen LogP contribution in [0.2, 0.25) is 0 Å². The van der Waals surface area contributed by atoms with Crippen LogP contribution in [-0.2, 0) is 16.0 Å². The highest BCUT2D eigenvalue weighted by Gasteiger charge is 2.23. The Kier molecular flexibility index (Phi) is 6.23. The van der Waals surface area contributed by atoms with Gasteiger partial charge in [-0.3, -0.25) is 14.4 Å². The van der Waals surface area contributed by atoms with Crippen molar-refractivity contribution in [3.63, 3.8) is 0 Å². The van der Waals surface area contributed by atoms with Gasteiger partial charge in [0.05, 0.1) is 6.42 Å². The van der Waals surface area contributed by atoms with E-state index < -0.39 is 29.6 Å². The van der Waals surface area contributed by atoms with Crippen molar-refractivity contribution in [1.29, 1.82) is 0 Å². The van der Waals surface area contributed by atoms with Crippen molar-refractivity contribution in [2.75, 3.05) is 6.54 Å². The summed E-state index contributed by atoms with van der Waals surface area (Å²) in [6.07, 6.45) is 1.75. The van der Waals surface area contributed by atoms with Crippen molar-refractivity contribution in [3.8, 4) is 0 Å². The number of amides is 2. The van der Waals surface area contributed by atoms with Gasteiger partial charge in [-0.15, -0.1) is 0 Å². The van der Waals surface area contributed by atoms with Crippen molar-refractivity contribution in [3.05, 3.63) is 71.7 Å². The smallest absolute Gasteiger partial charge is 0.305 e. The van der Waals surface area contributed by atoms with Crippen molar-refractivity contribution < 1.29 is 23.9 Å². The fourth-order valence-corrected chi connectivity index (χ4v) is 2.99. The van der Waals surface area contributed by atoms with Gasteiger partial charge in [0, 0.05) is 35.6 Å². The minimum absolute atomic E-state index is 0.0506. The molecule has 2 aromatic carbocycles. The minimum Gasteiger partial charge on any atom is -0.481 e. The number of hydrogen-bond donors (Lipinski definition) is 4. The van der Waals surface area contributed by atoms with Crippen LogP contribution < -0.4 is 10.6 Å². The summed E-state index contributed by atoms with van der Waals surface area (Å²) in [6, 6.07) is 11.6. The van der Waals surface area contributed by atoms with Crippen molar-refractivity contribution in [2.24, 2.45) is 0 Å². The second kappa shape index (κ2) is 9.01. The van der Waals surface area contributed by atoms with Gasteiger partial charge < -0.3 is 20.7 Å². The number of carboxylic acid groups (broad SMARTS) is 1. The number of fused-ring (bicyclic) bond motifs is 1. The van der Waals surface area contributed by atoms with Crippen LogP contribution in [-0.4, -0.2) is 40.5 Å². The quantitative estimate of drug-likeness (QED) is 0.467. The molecule has 0 saturated heterocycles. The molecule has 0 fully saturated rings. The Bertz CT molecular complexity index is 1030. The van der Waals surface area contributed by atoms with Crippen LogP contribution in [0.1, 0.15) is 22.3 Å². The van der Waals surface area contributed by atoms with E-state index in [2.05, 4.69) is 15.6 Å². The Labute approximate surface area is 165 Å². The monoisotopic (exact) mass is 397 g/mol. The first-order chi connectivity index (χ1) is 13.9. The largest absolute Gasteiger partial charge is 0.481 e. The van der Waals surface area contributed by atoms with Crippen LogP contribution >= 0.6 is 0 Å². The lowest BCUT2D eigenvalue weighted by Crippen LogP contribution is -2.48. The van der Waals surface area contributed by atoms with Crippen molar-refractivity contribution in [1.82, 2.24) is 15.6 Å². The molecule has 0 unspecified atom stereocenters. The number of aromatic nitrogens is 1. The van der Waals surface area contributed by atoms with Gasteiger partial charge in [-0.2, -0.15) is 0 Å². The van der Waals surface area contributed by atoms with Crippen LogP contribution in [0.25, 0.3) is 10.9 Å². The third kappa shape index (κ3) is 5.19. The highest BCUT2D eigenvalue weighted by atomic mass is 19.1. The van der Waals surface area contributed by atoms with Gasteiger partial charge in [-0.1, -0.05) is 18.2 Å². The summed E-state index contributed by atoms with van der Waals surface area (Å²) in [5.74, 6) is -2.52. The summed E-state index contributed by atoms with van der Waals surface area (Å²) in [4.78, 5) is 39.0. The number of carbonyl (C=O) groups is 3. The normalized spacial score (nSPS) is 11.8. The lowest BCUT2D eigenvalue weighted by Gasteiger charge is -2.18. The van der Waals surface area contributed by atoms with E-state index in [1.54, 1.807) is 6.20 Å². The maximum Gasteiger partial charge on any atom is 0.305 e. The minimum atomic E-state index is -1.03. The number of para-hydroxylation sites is 1. The number of nitrogens with one attached hydrogen (secondary N) is 3. The summed E-state index contributed by atoms with van der Waals surface area (Å²) in [5.41, 5.74) is 1.95. The fraction of sp³-hybridized carbons (Fsp3) is 0.190. The molecule has 7 nitrogen and oxygen atoms in total. The van der Waals surface area contributed by atoms with E-state index in [-0.39, 0.29) is 24.9 Å². The molecule has 4 N–H and O–H groups in total. The Hall–Kier alpha value is -3.68. The third-order valence-corrected chi connectivity index (χ3v) is 4.47. The lowest BCUT2D eigenvalue weighted by molar-refractivity contribution is -0.137. The molecule has 29 heavy (non-hydrogen) atoms. The number of rotatable bonds is 8. The zero-order chi connectivity index (χ0) is 20.8. The summed E-state index contributed by atoms with van der Waals surface area (Å²) in [7, 11) is 0. The maximum absolute atomic E-state index is 13.1. The fourth-order valence-electron chi connectivity index (χ4n) is 2.99. The van der Waals surface area contributed by atoms with Gasteiger partial charge >= 0.3 is 5.97 Å². The number of carboxylic acids is 1. The molecule has 0 spiro atoms. The molecule has 0 saturated carbocycles. The van der Waals surface area contributed by atoms with Gasteiger partial charge in [0.25, 0.3) is 5.91 Å².